The number of hydrogen-bond acceptors (Lipinski definition) is 7. The van der Waals surface area contributed by atoms with Crippen LogP contribution in [0.5, 0.6) is 11.5 Å². The number of amides is 2. The molecule has 0 bridgehead atoms. The second-order valence-electron chi connectivity index (χ2n) is 9.86. The summed E-state index contributed by atoms with van der Waals surface area (Å²) >= 11 is 0. The number of hydrogen-bond donors (Lipinski definition) is 4. The first-order valence-electron chi connectivity index (χ1n) is 13.0. The molecule has 1 saturated carbocycles. The summed E-state index contributed by atoms with van der Waals surface area (Å²) in [6.07, 6.45) is 5.78. The SMILES string of the molecule is CCCC(=O)N(C1CCCCC1)[C@@H]1C=C(C(=O)NCCO)[C@@H]2c3cc(CO)cc(OC)c3O[C@@H]2[C@H]1O. The summed E-state index contributed by atoms with van der Waals surface area (Å²) < 4.78 is 11.8. The van der Waals surface area contributed by atoms with Crippen LogP contribution in [0.4, 0.5) is 0 Å². The van der Waals surface area contributed by atoms with E-state index in [0.29, 0.717) is 41.0 Å². The minimum absolute atomic E-state index is 0.00805. The van der Waals surface area contributed by atoms with E-state index in [9.17, 15) is 24.9 Å². The third-order valence-corrected chi connectivity index (χ3v) is 7.54. The third kappa shape index (κ3) is 4.96. The van der Waals surface area contributed by atoms with E-state index in [1.54, 1.807) is 23.1 Å². The Balaban J connectivity index is 1.81. The molecule has 9 nitrogen and oxygen atoms in total. The first-order valence-corrected chi connectivity index (χ1v) is 13.0. The summed E-state index contributed by atoms with van der Waals surface area (Å²) in [4.78, 5) is 28.5. The van der Waals surface area contributed by atoms with Crippen molar-refractivity contribution in [1.29, 1.82) is 0 Å². The Labute approximate surface area is 212 Å². The van der Waals surface area contributed by atoms with Crippen LogP contribution in [0.25, 0.3) is 0 Å². The average molecular weight is 503 g/mol. The van der Waals surface area contributed by atoms with E-state index in [0.717, 1.165) is 32.1 Å². The molecule has 36 heavy (non-hydrogen) atoms. The lowest BCUT2D eigenvalue weighted by Gasteiger charge is -2.45. The van der Waals surface area contributed by atoms with Gasteiger partial charge in [-0.05, 0) is 43.0 Å². The summed E-state index contributed by atoms with van der Waals surface area (Å²) in [6, 6.07) is 2.71. The van der Waals surface area contributed by atoms with Gasteiger partial charge in [-0.25, -0.2) is 0 Å². The maximum absolute atomic E-state index is 13.4. The molecule has 1 fully saturated rings. The number of benzene rings is 1. The number of carbonyl (C=O) groups excluding carboxylic acids is 2. The van der Waals surface area contributed by atoms with Crippen LogP contribution in [-0.4, -0.2) is 76.6 Å². The van der Waals surface area contributed by atoms with Gasteiger partial charge in [0.2, 0.25) is 11.8 Å². The number of nitrogens with zero attached hydrogens (tertiary/aromatic N) is 1. The summed E-state index contributed by atoms with van der Waals surface area (Å²) in [7, 11) is 1.50. The normalized spacial score (nSPS) is 25.3. The van der Waals surface area contributed by atoms with Crippen LogP contribution < -0.4 is 14.8 Å². The zero-order chi connectivity index (χ0) is 25.8. The van der Waals surface area contributed by atoms with Gasteiger partial charge in [0.1, 0.15) is 12.2 Å². The van der Waals surface area contributed by atoms with Crippen molar-refractivity contribution >= 4 is 11.8 Å². The van der Waals surface area contributed by atoms with Crippen LogP contribution in [0.15, 0.2) is 23.8 Å². The molecule has 0 unspecified atom stereocenters. The van der Waals surface area contributed by atoms with Crippen LogP contribution in [0.1, 0.15) is 68.9 Å². The summed E-state index contributed by atoms with van der Waals surface area (Å²) in [5.74, 6) is -0.188. The van der Waals surface area contributed by atoms with Crippen molar-refractivity contribution in [2.45, 2.75) is 88.7 Å². The van der Waals surface area contributed by atoms with Gasteiger partial charge in [-0.3, -0.25) is 9.59 Å². The third-order valence-electron chi connectivity index (χ3n) is 7.54. The molecule has 4 atom stereocenters. The lowest BCUT2D eigenvalue weighted by molar-refractivity contribution is -0.141. The molecule has 9 heteroatoms. The quantitative estimate of drug-likeness (QED) is 0.405. The van der Waals surface area contributed by atoms with Crippen LogP contribution in [0, 0.1) is 0 Å². The predicted molar refractivity (Wildman–Crippen MR) is 133 cm³/mol. The molecule has 1 heterocycles. The fourth-order valence-electron chi connectivity index (χ4n) is 5.91. The second-order valence-corrected chi connectivity index (χ2v) is 9.86. The highest BCUT2D eigenvalue weighted by atomic mass is 16.5. The molecule has 198 valence electrons. The number of aliphatic hydroxyl groups excluding tert-OH is 3. The molecule has 1 aliphatic heterocycles. The lowest BCUT2D eigenvalue weighted by atomic mass is 9.76. The number of rotatable bonds is 9. The van der Waals surface area contributed by atoms with Crippen LogP contribution in [0.3, 0.4) is 0 Å². The standard InChI is InChI=1S/C27H38N2O7/c1-3-7-22(32)29(17-8-5-4-6-9-17)20-14-19(27(34)28-10-11-30)23-18-12-16(15-31)13-21(35-2)25(18)36-26(23)24(20)33/h12-14,17,20,23-24,26,30-31,33H,3-11,15H2,1-2H3,(H,28,34)/t20-,23+,24+,26+/m1/s1. The minimum Gasteiger partial charge on any atom is -0.493 e. The van der Waals surface area contributed by atoms with Gasteiger partial charge in [-0.2, -0.15) is 0 Å². The van der Waals surface area contributed by atoms with Gasteiger partial charge < -0.3 is 35.0 Å². The fourth-order valence-corrected chi connectivity index (χ4v) is 5.91. The van der Waals surface area contributed by atoms with Gasteiger partial charge in [-0.15, -0.1) is 0 Å². The highest BCUT2D eigenvalue weighted by molar-refractivity contribution is 5.96. The van der Waals surface area contributed by atoms with Crippen molar-refractivity contribution in [3.63, 3.8) is 0 Å². The summed E-state index contributed by atoms with van der Waals surface area (Å²) in [5.41, 5.74) is 1.63. The van der Waals surface area contributed by atoms with E-state index in [1.165, 1.54) is 7.11 Å². The second kappa shape index (κ2) is 11.6. The molecule has 3 aliphatic rings. The number of ether oxygens (including phenoxy) is 2. The van der Waals surface area contributed by atoms with E-state index in [1.807, 2.05) is 6.92 Å². The Morgan fingerprint density at radius 2 is 1.94 bits per heavy atom. The van der Waals surface area contributed by atoms with Crippen molar-refractivity contribution in [2.75, 3.05) is 20.3 Å². The van der Waals surface area contributed by atoms with Crippen molar-refractivity contribution in [2.24, 2.45) is 0 Å². The Morgan fingerprint density at radius 1 is 1.19 bits per heavy atom. The van der Waals surface area contributed by atoms with Crippen LogP contribution >= 0.6 is 0 Å². The van der Waals surface area contributed by atoms with E-state index >= 15 is 0 Å². The summed E-state index contributed by atoms with van der Waals surface area (Å²) in [6.45, 7) is 1.60. The smallest absolute Gasteiger partial charge is 0.247 e. The zero-order valence-electron chi connectivity index (χ0n) is 21.1. The molecule has 2 aliphatic carbocycles. The minimum atomic E-state index is -1.07. The number of aliphatic hydroxyl groups is 3. The maximum atomic E-state index is 13.4. The molecule has 0 aromatic heterocycles. The molecule has 1 aromatic rings. The Morgan fingerprint density at radius 3 is 2.58 bits per heavy atom. The summed E-state index contributed by atoms with van der Waals surface area (Å²) in [5, 5.41) is 33.5. The average Bonchev–Trinajstić information content (AvgIpc) is 3.29. The van der Waals surface area contributed by atoms with Crippen molar-refractivity contribution < 1.29 is 34.4 Å². The highest BCUT2D eigenvalue weighted by Gasteiger charge is 2.52. The van der Waals surface area contributed by atoms with E-state index in [2.05, 4.69) is 5.32 Å². The van der Waals surface area contributed by atoms with Gasteiger partial charge in [0.05, 0.1) is 32.3 Å². The molecule has 4 N–H and O–H groups in total. The molecular weight excluding hydrogens is 464 g/mol. The Bertz CT molecular complexity index is 989. The first-order chi connectivity index (χ1) is 17.4. The lowest BCUT2D eigenvalue weighted by Crippen LogP contribution is -2.58. The van der Waals surface area contributed by atoms with Crippen LogP contribution in [0.2, 0.25) is 0 Å². The molecule has 1 aromatic carbocycles. The van der Waals surface area contributed by atoms with Gasteiger partial charge in [0, 0.05) is 30.1 Å². The van der Waals surface area contributed by atoms with E-state index < -0.39 is 24.2 Å². The van der Waals surface area contributed by atoms with Crippen LogP contribution in [-0.2, 0) is 16.2 Å². The molecule has 0 spiro atoms. The number of carbonyl (C=O) groups is 2. The molecule has 0 radical (unpaired) electrons. The van der Waals surface area contributed by atoms with E-state index in [4.69, 9.17) is 9.47 Å². The molecular formula is C27H38N2O7. The predicted octanol–water partition coefficient (Wildman–Crippen LogP) is 1.77. The van der Waals surface area contributed by atoms with Gasteiger partial charge in [-0.1, -0.05) is 26.2 Å². The molecule has 0 saturated heterocycles. The van der Waals surface area contributed by atoms with Crippen molar-refractivity contribution in [1.82, 2.24) is 10.2 Å². The Kier molecular flexibility index (Phi) is 8.54. The zero-order valence-corrected chi connectivity index (χ0v) is 21.1. The number of methoxy groups -OCH3 is 1. The first kappa shape index (κ1) is 26.4. The van der Waals surface area contributed by atoms with Crippen molar-refractivity contribution in [3.8, 4) is 11.5 Å². The van der Waals surface area contributed by atoms with E-state index in [-0.39, 0.29) is 37.6 Å². The largest absolute Gasteiger partial charge is 0.493 e. The van der Waals surface area contributed by atoms with Gasteiger partial charge >= 0.3 is 0 Å². The monoisotopic (exact) mass is 502 g/mol. The number of fused-ring (bicyclic) bond motifs is 3. The van der Waals surface area contributed by atoms with Crippen molar-refractivity contribution in [3.05, 3.63) is 34.9 Å². The fraction of sp³-hybridized carbons (Fsp3) is 0.630. The topological polar surface area (TPSA) is 129 Å². The van der Waals surface area contributed by atoms with Gasteiger partial charge in [0.15, 0.2) is 11.5 Å². The highest BCUT2D eigenvalue weighted by Crippen LogP contribution is 2.51. The Hall–Kier alpha value is -2.62. The van der Waals surface area contributed by atoms with Gasteiger partial charge in [0.25, 0.3) is 0 Å². The molecule has 4 rings (SSSR count). The maximum Gasteiger partial charge on any atom is 0.247 e. The molecule has 2 amide bonds. The number of nitrogens with one attached hydrogen (secondary N) is 1.